The molecule has 168 valence electrons. The second-order valence-corrected chi connectivity index (χ2v) is 8.25. The van der Waals surface area contributed by atoms with E-state index in [-0.39, 0.29) is 24.0 Å². The van der Waals surface area contributed by atoms with Crippen molar-refractivity contribution in [3.05, 3.63) is 92.8 Å². The molecule has 0 saturated heterocycles. The highest BCUT2D eigenvalue weighted by Gasteiger charge is 2.32. The second-order valence-electron chi connectivity index (χ2n) is 7.85. The summed E-state index contributed by atoms with van der Waals surface area (Å²) in [6.45, 7) is 2.08. The minimum absolute atomic E-state index is 0.00296. The van der Waals surface area contributed by atoms with Gasteiger partial charge in [-0.3, -0.25) is 0 Å². The highest BCUT2D eigenvalue weighted by atomic mass is 35.5. The zero-order chi connectivity index (χ0) is 23.3. The van der Waals surface area contributed by atoms with Crippen LogP contribution >= 0.6 is 11.6 Å². The molecule has 4 aromatic rings. The van der Waals surface area contributed by atoms with Crippen molar-refractivity contribution in [2.75, 3.05) is 11.6 Å². The molecule has 3 aromatic carbocycles. The van der Waals surface area contributed by atoms with E-state index in [9.17, 15) is 18.0 Å². The zero-order valence-electron chi connectivity index (χ0n) is 17.4. The van der Waals surface area contributed by atoms with Gasteiger partial charge in [-0.15, -0.1) is 0 Å². The predicted molar refractivity (Wildman–Crippen MR) is 121 cm³/mol. The van der Waals surface area contributed by atoms with Gasteiger partial charge in [-0.05, 0) is 42.3 Å². The second kappa shape index (κ2) is 7.85. The van der Waals surface area contributed by atoms with Crippen LogP contribution in [0.5, 0.6) is 5.75 Å². The lowest BCUT2D eigenvalue weighted by atomic mass is 9.97. The van der Waals surface area contributed by atoms with E-state index in [2.05, 4.69) is 0 Å². The molecule has 0 aliphatic carbocycles. The number of hydrogen-bond donors (Lipinski definition) is 0. The molecule has 33 heavy (non-hydrogen) atoms. The zero-order valence-corrected chi connectivity index (χ0v) is 18.1. The highest BCUT2D eigenvalue weighted by molar-refractivity contribution is 6.33. The molecule has 8 heteroatoms. The number of halogens is 4. The van der Waals surface area contributed by atoms with Gasteiger partial charge in [0.15, 0.2) is 6.73 Å². The summed E-state index contributed by atoms with van der Waals surface area (Å²) in [6.07, 6.45) is -4.48. The van der Waals surface area contributed by atoms with E-state index in [4.69, 9.17) is 20.8 Å². The summed E-state index contributed by atoms with van der Waals surface area (Å²) in [4.78, 5) is 13.9. The minimum atomic E-state index is -4.48. The number of hydrogen-bond acceptors (Lipinski definition) is 4. The fourth-order valence-corrected chi connectivity index (χ4v) is 4.40. The van der Waals surface area contributed by atoms with Crippen LogP contribution in [-0.2, 0) is 12.7 Å². The summed E-state index contributed by atoms with van der Waals surface area (Å²) in [5.74, 6) is 0.551. The Morgan fingerprint density at radius 1 is 1.03 bits per heavy atom. The van der Waals surface area contributed by atoms with Crippen LogP contribution in [0.2, 0.25) is 5.02 Å². The number of anilines is 1. The van der Waals surface area contributed by atoms with E-state index in [1.165, 1.54) is 12.1 Å². The molecule has 0 unspecified atom stereocenters. The van der Waals surface area contributed by atoms with Gasteiger partial charge in [-0.25, -0.2) is 4.79 Å². The standard InChI is InChI=1S/C25H17ClF3NO3/c1-14-23-16(9-19-18(11-22(31)33-24(14)19)15-5-3-2-4-6-15)12-30(13-32-23)21-10-17(25(27,28)29)7-8-20(21)26/h2-11H,12-13H2,1H3. The number of alkyl halides is 3. The van der Waals surface area contributed by atoms with Gasteiger partial charge in [-0.1, -0.05) is 41.9 Å². The van der Waals surface area contributed by atoms with Crippen molar-refractivity contribution >= 4 is 28.3 Å². The summed E-state index contributed by atoms with van der Waals surface area (Å²) in [6, 6.07) is 15.9. The first-order chi connectivity index (χ1) is 15.7. The average molecular weight is 472 g/mol. The molecule has 1 aliphatic rings. The van der Waals surface area contributed by atoms with Crippen LogP contribution in [0.3, 0.4) is 0 Å². The van der Waals surface area contributed by atoms with E-state index in [0.29, 0.717) is 22.5 Å². The Morgan fingerprint density at radius 3 is 2.52 bits per heavy atom. The van der Waals surface area contributed by atoms with Gasteiger partial charge in [0.25, 0.3) is 0 Å². The van der Waals surface area contributed by atoms with Gasteiger partial charge < -0.3 is 14.1 Å². The lowest BCUT2D eigenvalue weighted by Gasteiger charge is -2.33. The lowest BCUT2D eigenvalue weighted by molar-refractivity contribution is -0.137. The lowest BCUT2D eigenvalue weighted by Crippen LogP contribution is -2.32. The van der Waals surface area contributed by atoms with E-state index in [1.807, 2.05) is 36.4 Å². The van der Waals surface area contributed by atoms with Gasteiger partial charge in [0.2, 0.25) is 0 Å². The van der Waals surface area contributed by atoms with Gasteiger partial charge in [0.05, 0.1) is 16.3 Å². The first-order valence-electron chi connectivity index (χ1n) is 10.1. The third-order valence-corrected chi connectivity index (χ3v) is 6.04. The van der Waals surface area contributed by atoms with Crippen molar-refractivity contribution in [3.8, 4) is 16.9 Å². The molecule has 2 heterocycles. The molecule has 5 rings (SSSR count). The van der Waals surface area contributed by atoms with Crippen LogP contribution < -0.4 is 15.3 Å². The maximum atomic E-state index is 13.2. The Hall–Kier alpha value is -3.45. The molecule has 1 aliphatic heterocycles. The Balaban J connectivity index is 1.64. The molecular weight excluding hydrogens is 455 g/mol. The number of rotatable bonds is 2. The highest BCUT2D eigenvalue weighted by Crippen LogP contribution is 2.41. The average Bonchev–Trinajstić information content (AvgIpc) is 2.79. The molecule has 0 atom stereocenters. The predicted octanol–water partition coefficient (Wildman–Crippen LogP) is 6.80. The minimum Gasteiger partial charge on any atom is -0.472 e. The van der Waals surface area contributed by atoms with Crippen molar-refractivity contribution in [1.29, 1.82) is 0 Å². The van der Waals surface area contributed by atoms with Crippen LogP contribution in [-0.4, -0.2) is 6.73 Å². The Bertz CT molecular complexity index is 1430. The molecule has 0 fully saturated rings. The van der Waals surface area contributed by atoms with E-state index in [0.717, 1.165) is 28.6 Å². The van der Waals surface area contributed by atoms with Gasteiger partial charge in [0, 0.05) is 29.1 Å². The normalized spacial score (nSPS) is 13.7. The Labute approximate surface area is 191 Å². The summed E-state index contributed by atoms with van der Waals surface area (Å²) >= 11 is 6.24. The summed E-state index contributed by atoms with van der Waals surface area (Å²) in [5.41, 5.74) is 2.38. The number of ether oxygens (including phenoxy) is 1. The van der Waals surface area contributed by atoms with Crippen LogP contribution in [0.25, 0.3) is 22.1 Å². The molecule has 0 N–H and O–H groups in total. The van der Waals surface area contributed by atoms with Crippen molar-refractivity contribution in [1.82, 2.24) is 0 Å². The van der Waals surface area contributed by atoms with Crippen LogP contribution in [0.1, 0.15) is 16.7 Å². The smallest absolute Gasteiger partial charge is 0.416 e. The SMILES string of the molecule is Cc1c2c(cc3c(-c4ccccc4)cc(=O)oc13)CN(c1cc(C(F)(F)F)ccc1Cl)CO2. The fraction of sp³-hybridized carbons (Fsp3) is 0.160. The molecule has 1 aromatic heterocycles. The van der Waals surface area contributed by atoms with Gasteiger partial charge >= 0.3 is 11.8 Å². The van der Waals surface area contributed by atoms with E-state index >= 15 is 0 Å². The van der Waals surface area contributed by atoms with Crippen LogP contribution in [0.15, 0.2) is 69.9 Å². The molecule has 0 bridgehead atoms. The Kier molecular flexibility index (Phi) is 5.09. The van der Waals surface area contributed by atoms with Crippen molar-refractivity contribution < 1.29 is 22.3 Å². The molecule has 0 saturated carbocycles. The van der Waals surface area contributed by atoms with Gasteiger partial charge in [-0.2, -0.15) is 13.2 Å². The van der Waals surface area contributed by atoms with Gasteiger partial charge in [0.1, 0.15) is 11.3 Å². The molecule has 0 amide bonds. The quantitative estimate of drug-likeness (QED) is 0.302. The Morgan fingerprint density at radius 2 is 1.79 bits per heavy atom. The van der Waals surface area contributed by atoms with Crippen molar-refractivity contribution in [2.45, 2.75) is 19.6 Å². The fourth-order valence-electron chi connectivity index (χ4n) is 4.16. The number of nitrogens with zero attached hydrogens (tertiary/aromatic N) is 1. The first-order valence-corrected chi connectivity index (χ1v) is 10.5. The number of aryl methyl sites for hydroxylation is 1. The monoisotopic (exact) mass is 471 g/mol. The largest absolute Gasteiger partial charge is 0.472 e. The van der Waals surface area contributed by atoms with Crippen LogP contribution in [0, 0.1) is 6.92 Å². The molecule has 0 radical (unpaired) electrons. The summed E-state index contributed by atoms with van der Waals surface area (Å²) in [5, 5.41) is 0.918. The molecule has 4 nitrogen and oxygen atoms in total. The third-order valence-electron chi connectivity index (χ3n) is 5.72. The molecule has 0 spiro atoms. The van der Waals surface area contributed by atoms with E-state index in [1.54, 1.807) is 11.8 Å². The van der Waals surface area contributed by atoms with Crippen molar-refractivity contribution in [2.24, 2.45) is 0 Å². The number of fused-ring (bicyclic) bond motifs is 2. The maximum Gasteiger partial charge on any atom is 0.416 e. The first kappa shape index (κ1) is 21.4. The van der Waals surface area contributed by atoms with Crippen LogP contribution in [0.4, 0.5) is 18.9 Å². The molecular formula is C25H17ClF3NO3. The number of benzene rings is 3. The maximum absolute atomic E-state index is 13.2. The summed E-state index contributed by atoms with van der Waals surface area (Å²) < 4.78 is 51.2. The van der Waals surface area contributed by atoms with E-state index < -0.39 is 17.4 Å². The summed E-state index contributed by atoms with van der Waals surface area (Å²) in [7, 11) is 0. The topological polar surface area (TPSA) is 42.7 Å². The third kappa shape index (κ3) is 3.82. The van der Waals surface area contributed by atoms with Crippen molar-refractivity contribution in [3.63, 3.8) is 0 Å².